The first-order valence-electron chi connectivity index (χ1n) is 8.95. The Hall–Kier alpha value is -2.83. The standard InChI is InChI=1S/C19H22N4O3/c1-19(13-6-7-13)17(25)23(18(26)22-19)11-16(24)20-9-8-12-10-21-15-5-3-2-4-14(12)15/h2-5,10,13,21H,6-9,11H2,1H3,(H,20,24)(H,22,26)/t19-/m0/s1. The van der Waals surface area contributed by atoms with Crippen molar-refractivity contribution in [2.24, 2.45) is 5.92 Å². The second kappa shape index (κ2) is 6.16. The zero-order chi connectivity index (χ0) is 18.3. The second-order valence-corrected chi connectivity index (χ2v) is 7.26. The van der Waals surface area contributed by atoms with Crippen LogP contribution in [0.3, 0.4) is 0 Å². The molecule has 1 aliphatic carbocycles. The molecule has 2 aromatic rings. The van der Waals surface area contributed by atoms with Crippen molar-refractivity contribution >= 4 is 28.7 Å². The molecule has 1 aromatic carbocycles. The summed E-state index contributed by atoms with van der Waals surface area (Å²) in [5, 5.41) is 6.68. The van der Waals surface area contributed by atoms with Crippen LogP contribution in [0.4, 0.5) is 4.79 Å². The molecule has 2 aliphatic rings. The average Bonchev–Trinajstić information content (AvgIpc) is 3.37. The predicted octanol–water partition coefficient (Wildman–Crippen LogP) is 1.55. The van der Waals surface area contributed by atoms with E-state index in [1.165, 1.54) is 0 Å². The number of carbonyl (C=O) groups excluding carboxylic acids is 3. The van der Waals surface area contributed by atoms with Crippen molar-refractivity contribution in [3.05, 3.63) is 36.0 Å². The lowest BCUT2D eigenvalue weighted by molar-refractivity contribution is -0.135. The zero-order valence-corrected chi connectivity index (χ0v) is 14.7. The number of benzene rings is 1. The molecule has 1 aromatic heterocycles. The molecule has 1 aliphatic heterocycles. The Labute approximate surface area is 151 Å². The fourth-order valence-electron chi connectivity index (χ4n) is 3.67. The number of urea groups is 1. The number of hydrogen-bond acceptors (Lipinski definition) is 3. The molecule has 3 N–H and O–H groups in total. The van der Waals surface area contributed by atoms with E-state index in [-0.39, 0.29) is 24.3 Å². The number of H-pyrrole nitrogens is 1. The molecule has 4 amide bonds. The second-order valence-electron chi connectivity index (χ2n) is 7.26. The molecule has 1 saturated carbocycles. The average molecular weight is 354 g/mol. The molecule has 1 atom stereocenters. The van der Waals surface area contributed by atoms with Gasteiger partial charge in [-0.05, 0) is 43.7 Å². The summed E-state index contributed by atoms with van der Waals surface area (Å²) >= 11 is 0. The minimum atomic E-state index is -0.846. The molecule has 2 fully saturated rings. The Morgan fingerprint density at radius 1 is 1.31 bits per heavy atom. The van der Waals surface area contributed by atoms with Gasteiger partial charge in [0.15, 0.2) is 0 Å². The first-order valence-corrected chi connectivity index (χ1v) is 8.95. The molecule has 0 spiro atoms. The van der Waals surface area contributed by atoms with E-state index in [2.05, 4.69) is 15.6 Å². The van der Waals surface area contributed by atoms with Crippen LogP contribution in [-0.4, -0.2) is 46.4 Å². The van der Waals surface area contributed by atoms with E-state index in [1.54, 1.807) is 6.92 Å². The van der Waals surface area contributed by atoms with Crippen molar-refractivity contribution < 1.29 is 14.4 Å². The highest BCUT2D eigenvalue weighted by atomic mass is 16.2. The van der Waals surface area contributed by atoms with Crippen LogP contribution < -0.4 is 10.6 Å². The van der Waals surface area contributed by atoms with Gasteiger partial charge in [-0.15, -0.1) is 0 Å². The third-order valence-corrected chi connectivity index (χ3v) is 5.39. The quantitative estimate of drug-likeness (QED) is 0.687. The van der Waals surface area contributed by atoms with Gasteiger partial charge >= 0.3 is 6.03 Å². The number of nitrogens with one attached hydrogen (secondary N) is 3. The van der Waals surface area contributed by atoms with Gasteiger partial charge in [0.2, 0.25) is 5.91 Å². The minimum Gasteiger partial charge on any atom is -0.361 e. The van der Waals surface area contributed by atoms with E-state index in [4.69, 9.17) is 0 Å². The lowest BCUT2D eigenvalue weighted by Gasteiger charge is -2.20. The molecule has 7 heteroatoms. The lowest BCUT2D eigenvalue weighted by atomic mass is 9.96. The first-order chi connectivity index (χ1) is 12.5. The summed E-state index contributed by atoms with van der Waals surface area (Å²) in [7, 11) is 0. The largest absolute Gasteiger partial charge is 0.361 e. The number of imide groups is 1. The Bertz CT molecular complexity index is 886. The van der Waals surface area contributed by atoms with Crippen LogP contribution in [0.2, 0.25) is 0 Å². The van der Waals surface area contributed by atoms with Crippen molar-refractivity contribution in [3.63, 3.8) is 0 Å². The van der Waals surface area contributed by atoms with Gasteiger partial charge < -0.3 is 15.6 Å². The van der Waals surface area contributed by atoms with Crippen molar-refractivity contribution in [2.45, 2.75) is 31.7 Å². The van der Waals surface area contributed by atoms with E-state index >= 15 is 0 Å². The molecule has 2 heterocycles. The van der Waals surface area contributed by atoms with E-state index < -0.39 is 11.6 Å². The maximum atomic E-state index is 12.5. The van der Waals surface area contributed by atoms with Crippen molar-refractivity contribution in [1.82, 2.24) is 20.5 Å². The molecular formula is C19H22N4O3. The number of aromatic nitrogens is 1. The first kappa shape index (κ1) is 16.6. The maximum absolute atomic E-state index is 12.5. The van der Waals surface area contributed by atoms with Crippen LogP contribution in [0.15, 0.2) is 30.5 Å². The molecule has 1 saturated heterocycles. The molecular weight excluding hydrogens is 332 g/mol. The third kappa shape index (κ3) is 2.83. The number of carbonyl (C=O) groups is 3. The SMILES string of the molecule is C[C@@]1(C2CC2)NC(=O)N(CC(=O)NCCc2c[nH]c3ccccc23)C1=O. The molecule has 0 unspecified atom stereocenters. The van der Waals surface area contributed by atoms with Crippen LogP contribution in [0.1, 0.15) is 25.3 Å². The van der Waals surface area contributed by atoms with Gasteiger partial charge in [0.1, 0.15) is 12.1 Å². The van der Waals surface area contributed by atoms with Crippen LogP contribution in [0.25, 0.3) is 10.9 Å². The van der Waals surface area contributed by atoms with Crippen LogP contribution in [-0.2, 0) is 16.0 Å². The normalized spacial score (nSPS) is 22.7. The smallest absolute Gasteiger partial charge is 0.325 e. The number of para-hydroxylation sites is 1. The molecule has 136 valence electrons. The van der Waals surface area contributed by atoms with Gasteiger partial charge in [0, 0.05) is 23.6 Å². The van der Waals surface area contributed by atoms with Crippen LogP contribution in [0, 0.1) is 5.92 Å². The highest BCUT2D eigenvalue weighted by Crippen LogP contribution is 2.42. The summed E-state index contributed by atoms with van der Waals surface area (Å²) in [5.74, 6) is -0.431. The third-order valence-electron chi connectivity index (χ3n) is 5.39. The predicted molar refractivity (Wildman–Crippen MR) is 96.4 cm³/mol. The Kier molecular flexibility index (Phi) is 3.94. The topological polar surface area (TPSA) is 94.3 Å². The molecule has 26 heavy (non-hydrogen) atoms. The van der Waals surface area contributed by atoms with Gasteiger partial charge in [-0.3, -0.25) is 14.5 Å². The molecule has 7 nitrogen and oxygen atoms in total. The van der Waals surface area contributed by atoms with Crippen LogP contribution in [0.5, 0.6) is 0 Å². The lowest BCUT2D eigenvalue weighted by Crippen LogP contribution is -2.47. The fourth-order valence-corrected chi connectivity index (χ4v) is 3.67. The van der Waals surface area contributed by atoms with Gasteiger partial charge in [-0.25, -0.2) is 4.79 Å². The number of amides is 4. The van der Waals surface area contributed by atoms with Gasteiger partial charge in [-0.2, -0.15) is 0 Å². The summed E-state index contributed by atoms with van der Waals surface area (Å²) in [6.45, 7) is 1.96. The number of aromatic amines is 1. The van der Waals surface area contributed by atoms with E-state index in [1.807, 2.05) is 30.5 Å². The number of hydrogen-bond donors (Lipinski definition) is 3. The highest BCUT2D eigenvalue weighted by Gasteiger charge is 2.56. The number of nitrogens with zero attached hydrogens (tertiary/aromatic N) is 1. The summed E-state index contributed by atoms with van der Waals surface area (Å²) in [4.78, 5) is 41.0. The van der Waals surface area contributed by atoms with Crippen molar-refractivity contribution in [1.29, 1.82) is 0 Å². The molecule has 0 bridgehead atoms. The highest BCUT2D eigenvalue weighted by molar-refractivity contribution is 6.09. The van der Waals surface area contributed by atoms with Crippen molar-refractivity contribution in [2.75, 3.05) is 13.1 Å². The van der Waals surface area contributed by atoms with E-state index in [0.29, 0.717) is 13.0 Å². The number of fused-ring (bicyclic) bond motifs is 1. The zero-order valence-electron chi connectivity index (χ0n) is 14.7. The van der Waals surface area contributed by atoms with E-state index in [0.717, 1.165) is 34.2 Å². The van der Waals surface area contributed by atoms with Crippen molar-refractivity contribution in [3.8, 4) is 0 Å². The fraction of sp³-hybridized carbons (Fsp3) is 0.421. The minimum absolute atomic E-state index is 0.189. The summed E-state index contributed by atoms with van der Waals surface area (Å²) in [6.07, 6.45) is 4.49. The molecule has 0 radical (unpaired) electrons. The Morgan fingerprint density at radius 3 is 2.85 bits per heavy atom. The van der Waals surface area contributed by atoms with Crippen LogP contribution >= 0.6 is 0 Å². The van der Waals surface area contributed by atoms with Gasteiger partial charge in [0.25, 0.3) is 5.91 Å². The summed E-state index contributed by atoms with van der Waals surface area (Å²) in [6, 6.07) is 7.52. The Morgan fingerprint density at radius 2 is 2.08 bits per heavy atom. The Balaban J connectivity index is 1.31. The summed E-state index contributed by atoms with van der Waals surface area (Å²) < 4.78 is 0. The summed E-state index contributed by atoms with van der Waals surface area (Å²) in [5.41, 5.74) is 1.34. The number of rotatable bonds is 6. The van der Waals surface area contributed by atoms with Gasteiger partial charge in [0.05, 0.1) is 0 Å². The monoisotopic (exact) mass is 354 g/mol. The maximum Gasteiger partial charge on any atom is 0.325 e. The molecule has 4 rings (SSSR count). The van der Waals surface area contributed by atoms with Gasteiger partial charge in [-0.1, -0.05) is 18.2 Å². The van der Waals surface area contributed by atoms with E-state index in [9.17, 15) is 14.4 Å².